The summed E-state index contributed by atoms with van der Waals surface area (Å²) >= 11 is 6.32. The number of aromatic hydroxyl groups is 1. The number of likely N-dealkylation sites (tertiary alicyclic amines) is 1. The smallest absolute Gasteiger partial charge is 0.305 e. The number of phenols is 1. The number of rotatable bonds is 9. The van der Waals surface area contributed by atoms with E-state index in [0.717, 1.165) is 9.91 Å². The number of nitrogens with one attached hydrogen (secondary N) is 1. The molecule has 0 bridgehead atoms. The molecule has 258 valence electrons. The van der Waals surface area contributed by atoms with E-state index in [1.807, 2.05) is 6.08 Å². The maximum atomic E-state index is 15.2. The van der Waals surface area contributed by atoms with Crippen molar-refractivity contribution in [3.63, 3.8) is 0 Å². The largest absolute Gasteiger partial charge is 0.504 e. The third kappa shape index (κ3) is 5.03. The van der Waals surface area contributed by atoms with Gasteiger partial charge in [0.15, 0.2) is 11.5 Å². The zero-order valence-corrected chi connectivity index (χ0v) is 27.6. The maximum Gasteiger partial charge on any atom is 0.305 e. The topological polar surface area (TPSA) is 154 Å². The number of hydrogen-bond donors (Lipinski definition) is 3. The maximum absolute atomic E-state index is 15.2. The number of anilines is 1. The number of benzene rings is 3. The second-order valence-electron chi connectivity index (χ2n) is 13.0. The Balaban J connectivity index is 1.45. The number of carboxylic acid groups (broad SMARTS) is 1. The van der Waals surface area contributed by atoms with Gasteiger partial charge in [-0.05, 0) is 73.7 Å². The van der Waals surface area contributed by atoms with Crippen molar-refractivity contribution in [2.75, 3.05) is 18.6 Å². The van der Waals surface area contributed by atoms with Crippen molar-refractivity contribution in [1.82, 2.24) is 9.91 Å². The highest BCUT2D eigenvalue weighted by molar-refractivity contribution is 6.30. The van der Waals surface area contributed by atoms with E-state index in [4.69, 9.17) is 16.3 Å². The van der Waals surface area contributed by atoms with Gasteiger partial charge in [-0.1, -0.05) is 47.5 Å². The molecule has 6 unspecified atom stereocenters. The normalized spacial score (nSPS) is 27.1. The summed E-state index contributed by atoms with van der Waals surface area (Å²) in [7, 11) is 0. The van der Waals surface area contributed by atoms with Crippen LogP contribution in [0.2, 0.25) is 5.02 Å². The number of amides is 4. The minimum Gasteiger partial charge on any atom is -0.504 e. The number of carbonyl (C=O) groups is 5. The zero-order valence-electron chi connectivity index (χ0n) is 26.8. The Kier molecular flexibility index (Phi) is 8.37. The number of para-hydroxylation sites is 1. The van der Waals surface area contributed by atoms with Crippen LogP contribution in [0.25, 0.3) is 0 Å². The molecule has 4 amide bonds. The molecular formula is C37H33ClFN3O8. The molecule has 2 heterocycles. The summed E-state index contributed by atoms with van der Waals surface area (Å²) in [5, 5.41) is 22.4. The van der Waals surface area contributed by atoms with E-state index < -0.39 is 76.8 Å². The number of aliphatic carboxylic acids is 1. The molecule has 6 atom stereocenters. The molecule has 7 rings (SSSR count). The summed E-state index contributed by atoms with van der Waals surface area (Å²) in [6, 6.07) is 16.6. The minimum absolute atomic E-state index is 0.00397. The van der Waals surface area contributed by atoms with Crippen molar-refractivity contribution in [3.05, 3.63) is 100 Å². The van der Waals surface area contributed by atoms with E-state index in [1.165, 1.54) is 24.3 Å². The van der Waals surface area contributed by atoms with Crippen LogP contribution in [0.3, 0.4) is 0 Å². The van der Waals surface area contributed by atoms with Crippen molar-refractivity contribution in [1.29, 1.82) is 0 Å². The van der Waals surface area contributed by atoms with Gasteiger partial charge < -0.3 is 14.9 Å². The number of halogens is 2. The molecule has 0 aromatic heterocycles. The quantitative estimate of drug-likeness (QED) is 0.206. The summed E-state index contributed by atoms with van der Waals surface area (Å²) in [4.78, 5) is 69.8. The lowest BCUT2D eigenvalue weighted by Crippen LogP contribution is -2.53. The van der Waals surface area contributed by atoms with Crippen molar-refractivity contribution >= 4 is 46.9 Å². The molecule has 0 spiro atoms. The summed E-state index contributed by atoms with van der Waals surface area (Å²) < 4.78 is 19.6. The number of allylic oxidation sites excluding steroid dienone is 2. The molecule has 3 N–H and O–H groups in total. The number of carbonyl (C=O) groups excluding carboxylic acids is 4. The SMILES string of the molecule is CCOc1cccc(C2C3=CCC4C(=O)N(CCC(=O)O)C(=O)C4C3CC3C(=O)N(Nc4ccc(F)cc4)C(=O)C32c2ccc(Cl)cc2)c1O. The number of hydrazine groups is 1. The van der Waals surface area contributed by atoms with Gasteiger partial charge in [-0.15, -0.1) is 0 Å². The van der Waals surface area contributed by atoms with E-state index in [2.05, 4.69) is 5.43 Å². The molecule has 2 saturated heterocycles. The molecule has 3 aromatic rings. The highest BCUT2D eigenvalue weighted by Gasteiger charge is 2.70. The summed E-state index contributed by atoms with van der Waals surface area (Å²) in [5.74, 6) is -8.54. The number of hydrogen-bond acceptors (Lipinski definition) is 8. The number of ether oxygens (including phenoxy) is 1. The van der Waals surface area contributed by atoms with Gasteiger partial charge >= 0.3 is 5.97 Å². The van der Waals surface area contributed by atoms with Gasteiger partial charge in [0.1, 0.15) is 5.82 Å². The molecule has 4 aliphatic rings. The second-order valence-corrected chi connectivity index (χ2v) is 13.4. The molecule has 3 fully saturated rings. The predicted molar refractivity (Wildman–Crippen MR) is 177 cm³/mol. The van der Waals surface area contributed by atoms with E-state index in [0.29, 0.717) is 16.2 Å². The lowest BCUT2D eigenvalue weighted by molar-refractivity contribution is -0.143. The Bertz CT molecular complexity index is 1950. The molecule has 50 heavy (non-hydrogen) atoms. The van der Waals surface area contributed by atoms with Gasteiger partial charge in [0.2, 0.25) is 11.8 Å². The van der Waals surface area contributed by atoms with Gasteiger partial charge in [0.05, 0.1) is 41.9 Å². The number of imide groups is 2. The van der Waals surface area contributed by atoms with Gasteiger partial charge in [-0.3, -0.25) is 34.3 Å². The van der Waals surface area contributed by atoms with Gasteiger partial charge in [-0.2, -0.15) is 5.01 Å². The van der Waals surface area contributed by atoms with Gasteiger partial charge in [-0.25, -0.2) is 4.39 Å². The Labute approximate surface area is 291 Å². The molecule has 0 radical (unpaired) electrons. The van der Waals surface area contributed by atoms with Crippen molar-refractivity contribution in [3.8, 4) is 11.5 Å². The fourth-order valence-electron chi connectivity index (χ4n) is 8.54. The molecule has 13 heteroatoms. The third-order valence-electron chi connectivity index (χ3n) is 10.5. The van der Waals surface area contributed by atoms with E-state index in [1.54, 1.807) is 49.4 Å². The number of fused-ring (bicyclic) bond motifs is 4. The fraction of sp³-hybridized carbons (Fsp3) is 0.324. The molecule has 1 saturated carbocycles. The zero-order chi connectivity index (χ0) is 35.5. The average molecular weight is 702 g/mol. The van der Waals surface area contributed by atoms with Crippen LogP contribution in [0.4, 0.5) is 10.1 Å². The van der Waals surface area contributed by atoms with Crippen LogP contribution in [0.5, 0.6) is 11.5 Å². The number of phenolic OH excluding ortho intramolecular Hbond substituents is 1. The Morgan fingerprint density at radius 2 is 1.72 bits per heavy atom. The lowest BCUT2D eigenvalue weighted by atomic mass is 9.49. The van der Waals surface area contributed by atoms with E-state index >= 15 is 4.79 Å². The van der Waals surface area contributed by atoms with Crippen LogP contribution >= 0.6 is 11.6 Å². The van der Waals surface area contributed by atoms with Crippen molar-refractivity contribution < 1.29 is 43.3 Å². The first kappa shape index (κ1) is 33.3. The lowest BCUT2D eigenvalue weighted by Gasteiger charge is -2.50. The van der Waals surface area contributed by atoms with Crippen LogP contribution < -0.4 is 10.2 Å². The Morgan fingerprint density at radius 1 is 1.00 bits per heavy atom. The molecule has 2 aliphatic heterocycles. The van der Waals surface area contributed by atoms with Crippen molar-refractivity contribution in [2.45, 2.75) is 37.5 Å². The molecule has 2 aliphatic carbocycles. The van der Waals surface area contributed by atoms with Crippen LogP contribution in [-0.2, 0) is 29.4 Å². The van der Waals surface area contributed by atoms with Crippen LogP contribution in [-0.4, -0.2) is 62.9 Å². The standard InChI is InChI=1S/C37H33ClFN3O8/c1-2-50-28-5-3-4-25(32(28)45)31-23-14-15-24-30(35(48)41(33(24)46)17-16-29(43)44)26(23)18-27-34(47)42(40-22-12-10-21(39)11-13-22)36(49)37(27,31)19-6-8-20(38)9-7-19/h3-14,24,26-27,30-31,40,45H,2,15-18H2,1H3,(H,43,44). The summed E-state index contributed by atoms with van der Waals surface area (Å²) in [5.41, 5.74) is 2.81. The molecule has 11 nitrogen and oxygen atoms in total. The van der Waals surface area contributed by atoms with Gasteiger partial charge in [0.25, 0.3) is 11.8 Å². The Morgan fingerprint density at radius 3 is 2.40 bits per heavy atom. The average Bonchev–Trinajstić information content (AvgIpc) is 3.46. The highest BCUT2D eigenvalue weighted by atomic mass is 35.5. The monoisotopic (exact) mass is 701 g/mol. The Hall–Kier alpha value is -5.23. The second kappa shape index (κ2) is 12.6. The predicted octanol–water partition coefficient (Wildman–Crippen LogP) is 5.04. The highest BCUT2D eigenvalue weighted by Crippen LogP contribution is 2.65. The third-order valence-corrected chi connectivity index (χ3v) is 10.8. The number of carboxylic acids is 1. The van der Waals surface area contributed by atoms with E-state index in [9.17, 15) is 33.8 Å². The summed E-state index contributed by atoms with van der Waals surface area (Å²) in [6.07, 6.45) is 1.54. The van der Waals surface area contributed by atoms with Crippen LogP contribution in [0, 0.1) is 29.5 Å². The number of nitrogens with zero attached hydrogens (tertiary/aromatic N) is 2. The van der Waals surface area contributed by atoms with Crippen LogP contribution in [0.15, 0.2) is 78.4 Å². The van der Waals surface area contributed by atoms with Gasteiger partial charge in [0, 0.05) is 23.0 Å². The first-order chi connectivity index (χ1) is 24.0. The molecular weight excluding hydrogens is 669 g/mol. The molecule has 3 aromatic carbocycles. The first-order valence-electron chi connectivity index (χ1n) is 16.4. The summed E-state index contributed by atoms with van der Waals surface area (Å²) in [6.45, 7) is 1.71. The fourth-order valence-corrected chi connectivity index (χ4v) is 8.66. The van der Waals surface area contributed by atoms with E-state index in [-0.39, 0.29) is 48.7 Å². The van der Waals surface area contributed by atoms with Crippen molar-refractivity contribution in [2.24, 2.45) is 23.7 Å². The van der Waals surface area contributed by atoms with Crippen LogP contribution in [0.1, 0.15) is 43.2 Å². The minimum atomic E-state index is -1.68. The first-order valence-corrected chi connectivity index (χ1v) is 16.7.